The normalized spacial score (nSPS) is 18.5. The Kier molecular flexibility index (Phi) is 5.95. The Hall–Kier alpha value is -0.290. The maximum atomic E-state index is 13.9. The molecule has 3 N–H and O–H groups in total. The van der Waals surface area contributed by atoms with Gasteiger partial charge in [0, 0.05) is 6.04 Å². The zero-order valence-electron chi connectivity index (χ0n) is 10.9. The molecule has 1 aromatic rings. The van der Waals surface area contributed by atoms with Gasteiger partial charge in [-0.05, 0) is 54.7 Å². The van der Waals surface area contributed by atoms with Gasteiger partial charge in [0.2, 0.25) is 0 Å². The summed E-state index contributed by atoms with van der Waals surface area (Å²) in [5.74, 6) is 8.46. The molecule has 0 spiro atoms. The smallest absolute Gasteiger partial charge is 0.145 e. The standard InChI is InChI=1S/C14H20ClFN2S/c15-13-3-1-2-11(14(13)16)9-12(18-17)8-10-4-6-19-7-5-10/h1-3,10,12,18H,4-9,17H2. The second-order valence-electron chi connectivity index (χ2n) is 5.07. The lowest BCUT2D eigenvalue weighted by atomic mass is 9.91. The van der Waals surface area contributed by atoms with Gasteiger partial charge in [-0.15, -0.1) is 0 Å². The van der Waals surface area contributed by atoms with Crippen LogP contribution in [0.15, 0.2) is 18.2 Å². The monoisotopic (exact) mass is 302 g/mol. The molecule has 106 valence electrons. The van der Waals surface area contributed by atoms with Gasteiger partial charge in [0.25, 0.3) is 0 Å². The first-order valence-corrected chi connectivity index (χ1v) is 8.20. The van der Waals surface area contributed by atoms with E-state index in [1.807, 2.05) is 11.8 Å². The number of thioether (sulfide) groups is 1. The third-order valence-corrected chi connectivity index (χ3v) is 5.03. The van der Waals surface area contributed by atoms with E-state index in [4.69, 9.17) is 17.4 Å². The molecule has 0 aromatic heterocycles. The summed E-state index contributed by atoms with van der Waals surface area (Å²) >= 11 is 7.82. The van der Waals surface area contributed by atoms with E-state index in [1.165, 1.54) is 24.3 Å². The molecular weight excluding hydrogens is 283 g/mol. The van der Waals surface area contributed by atoms with Crippen molar-refractivity contribution in [3.05, 3.63) is 34.6 Å². The summed E-state index contributed by atoms with van der Waals surface area (Å²) in [6.45, 7) is 0. The lowest BCUT2D eigenvalue weighted by molar-refractivity contribution is 0.363. The van der Waals surface area contributed by atoms with E-state index < -0.39 is 0 Å². The molecule has 0 aliphatic carbocycles. The maximum absolute atomic E-state index is 13.9. The number of rotatable bonds is 5. The summed E-state index contributed by atoms with van der Waals surface area (Å²) in [5.41, 5.74) is 3.47. The fourth-order valence-corrected chi connectivity index (χ4v) is 3.96. The van der Waals surface area contributed by atoms with Crippen LogP contribution in [-0.4, -0.2) is 17.5 Å². The first kappa shape index (κ1) is 15.1. The fourth-order valence-electron chi connectivity index (χ4n) is 2.57. The van der Waals surface area contributed by atoms with Crippen molar-refractivity contribution in [2.75, 3.05) is 11.5 Å². The first-order chi connectivity index (χ1) is 9.20. The lowest BCUT2D eigenvalue weighted by Crippen LogP contribution is -2.39. The summed E-state index contributed by atoms with van der Waals surface area (Å²) in [4.78, 5) is 0. The second kappa shape index (κ2) is 7.48. The number of benzene rings is 1. The van der Waals surface area contributed by atoms with Gasteiger partial charge in [0.05, 0.1) is 5.02 Å². The minimum absolute atomic E-state index is 0.112. The molecule has 2 rings (SSSR count). The Morgan fingerprint density at radius 3 is 2.84 bits per heavy atom. The predicted octanol–water partition coefficient (Wildman–Crippen LogP) is 3.39. The van der Waals surface area contributed by atoms with E-state index >= 15 is 0 Å². The molecule has 2 nitrogen and oxygen atoms in total. The SMILES string of the molecule is NNC(Cc1cccc(Cl)c1F)CC1CCSCC1. The highest BCUT2D eigenvalue weighted by Gasteiger charge is 2.20. The van der Waals surface area contributed by atoms with Gasteiger partial charge in [-0.3, -0.25) is 11.3 Å². The maximum Gasteiger partial charge on any atom is 0.145 e. The molecule has 1 aliphatic rings. The van der Waals surface area contributed by atoms with Gasteiger partial charge >= 0.3 is 0 Å². The summed E-state index contributed by atoms with van der Waals surface area (Å²) in [6.07, 6.45) is 4.07. The van der Waals surface area contributed by atoms with Gasteiger partial charge in [0.1, 0.15) is 5.82 Å². The van der Waals surface area contributed by atoms with Crippen LogP contribution < -0.4 is 11.3 Å². The van der Waals surface area contributed by atoms with Crippen molar-refractivity contribution >= 4 is 23.4 Å². The second-order valence-corrected chi connectivity index (χ2v) is 6.70. The molecule has 1 saturated heterocycles. The zero-order chi connectivity index (χ0) is 13.7. The van der Waals surface area contributed by atoms with Crippen LogP contribution in [0, 0.1) is 11.7 Å². The molecular formula is C14H20ClFN2S. The molecule has 0 amide bonds. The van der Waals surface area contributed by atoms with Crippen molar-refractivity contribution < 1.29 is 4.39 Å². The van der Waals surface area contributed by atoms with E-state index in [1.54, 1.807) is 18.2 Å². The van der Waals surface area contributed by atoms with Crippen LogP contribution in [0.1, 0.15) is 24.8 Å². The lowest BCUT2D eigenvalue weighted by Gasteiger charge is -2.26. The molecule has 0 saturated carbocycles. The van der Waals surface area contributed by atoms with Crippen molar-refractivity contribution in [1.82, 2.24) is 5.43 Å². The van der Waals surface area contributed by atoms with Gasteiger partial charge in [-0.2, -0.15) is 11.8 Å². The first-order valence-electron chi connectivity index (χ1n) is 6.67. The highest BCUT2D eigenvalue weighted by molar-refractivity contribution is 7.99. The Bertz CT molecular complexity index is 410. The number of hydrogen-bond acceptors (Lipinski definition) is 3. The Labute approximate surface area is 123 Å². The van der Waals surface area contributed by atoms with E-state index in [-0.39, 0.29) is 16.9 Å². The summed E-state index contributed by atoms with van der Waals surface area (Å²) < 4.78 is 13.9. The minimum Gasteiger partial charge on any atom is -0.271 e. The van der Waals surface area contributed by atoms with Crippen LogP contribution in [-0.2, 0) is 6.42 Å². The van der Waals surface area contributed by atoms with Crippen LogP contribution in [0.5, 0.6) is 0 Å². The number of halogens is 2. The molecule has 0 radical (unpaired) electrons. The highest BCUT2D eigenvalue weighted by atomic mass is 35.5. The average molecular weight is 303 g/mol. The van der Waals surface area contributed by atoms with Crippen LogP contribution in [0.2, 0.25) is 5.02 Å². The molecule has 1 unspecified atom stereocenters. The van der Waals surface area contributed by atoms with Gasteiger partial charge in [0.15, 0.2) is 0 Å². The van der Waals surface area contributed by atoms with E-state index in [0.29, 0.717) is 17.9 Å². The van der Waals surface area contributed by atoms with E-state index in [0.717, 1.165) is 6.42 Å². The molecule has 1 aromatic carbocycles. The molecule has 19 heavy (non-hydrogen) atoms. The van der Waals surface area contributed by atoms with Crippen molar-refractivity contribution in [2.45, 2.75) is 31.7 Å². The number of nitrogens with two attached hydrogens (primary N) is 1. The van der Waals surface area contributed by atoms with Crippen molar-refractivity contribution in [3.63, 3.8) is 0 Å². The fraction of sp³-hybridized carbons (Fsp3) is 0.571. The van der Waals surface area contributed by atoms with Crippen molar-refractivity contribution in [3.8, 4) is 0 Å². The molecule has 0 bridgehead atoms. The van der Waals surface area contributed by atoms with Crippen molar-refractivity contribution in [1.29, 1.82) is 0 Å². The quantitative estimate of drug-likeness (QED) is 0.647. The van der Waals surface area contributed by atoms with Crippen LogP contribution in [0.25, 0.3) is 0 Å². The Morgan fingerprint density at radius 1 is 1.42 bits per heavy atom. The zero-order valence-corrected chi connectivity index (χ0v) is 12.4. The topological polar surface area (TPSA) is 38.0 Å². The molecule has 5 heteroatoms. The molecule has 1 atom stereocenters. The predicted molar refractivity (Wildman–Crippen MR) is 80.9 cm³/mol. The summed E-state index contributed by atoms with van der Waals surface area (Å²) in [6, 6.07) is 5.25. The molecule has 1 fully saturated rings. The van der Waals surface area contributed by atoms with Gasteiger partial charge < -0.3 is 0 Å². The summed E-state index contributed by atoms with van der Waals surface area (Å²) in [7, 11) is 0. The number of nitrogens with one attached hydrogen (secondary N) is 1. The van der Waals surface area contributed by atoms with Crippen LogP contribution in [0.3, 0.4) is 0 Å². The Morgan fingerprint density at radius 2 is 2.16 bits per heavy atom. The number of hydrogen-bond donors (Lipinski definition) is 2. The van der Waals surface area contributed by atoms with Gasteiger partial charge in [-0.25, -0.2) is 4.39 Å². The average Bonchev–Trinajstić information content (AvgIpc) is 2.44. The van der Waals surface area contributed by atoms with E-state index in [2.05, 4.69) is 5.43 Å². The van der Waals surface area contributed by atoms with E-state index in [9.17, 15) is 4.39 Å². The van der Waals surface area contributed by atoms with Crippen LogP contribution >= 0.6 is 23.4 Å². The third kappa shape index (κ3) is 4.35. The molecule has 1 aliphatic heterocycles. The number of hydrazine groups is 1. The van der Waals surface area contributed by atoms with Crippen molar-refractivity contribution in [2.24, 2.45) is 11.8 Å². The third-order valence-electron chi connectivity index (χ3n) is 3.69. The summed E-state index contributed by atoms with van der Waals surface area (Å²) in [5, 5.41) is 0.183. The molecule has 1 heterocycles. The highest BCUT2D eigenvalue weighted by Crippen LogP contribution is 2.27. The minimum atomic E-state index is -0.316. The van der Waals surface area contributed by atoms with Crippen LogP contribution in [0.4, 0.5) is 4.39 Å². The Balaban J connectivity index is 1.96. The van der Waals surface area contributed by atoms with Gasteiger partial charge in [-0.1, -0.05) is 23.7 Å². The largest absolute Gasteiger partial charge is 0.271 e.